The zero-order valence-electron chi connectivity index (χ0n) is 6.49. The Morgan fingerprint density at radius 1 is 1.33 bits per heavy atom. The fourth-order valence-electron chi connectivity index (χ4n) is 0.992. The van der Waals surface area contributed by atoms with Crippen molar-refractivity contribution in [3.8, 4) is 0 Å². The van der Waals surface area contributed by atoms with E-state index in [0.29, 0.717) is 5.88 Å². The molecule has 12 heavy (non-hydrogen) atoms. The molecule has 0 aliphatic heterocycles. The molecule has 0 radical (unpaired) electrons. The SMILES string of the molecule is ClCCCc1cc(Cl)ccc1I. The van der Waals surface area contributed by atoms with Crippen molar-refractivity contribution in [2.75, 3.05) is 5.88 Å². The van der Waals surface area contributed by atoms with E-state index in [1.54, 1.807) is 0 Å². The van der Waals surface area contributed by atoms with Gasteiger partial charge in [0.1, 0.15) is 0 Å². The summed E-state index contributed by atoms with van der Waals surface area (Å²) in [5.74, 6) is 0.711. The molecular weight excluding hydrogens is 306 g/mol. The number of benzene rings is 1. The highest BCUT2D eigenvalue weighted by Crippen LogP contribution is 2.19. The van der Waals surface area contributed by atoms with Gasteiger partial charge in [-0.2, -0.15) is 0 Å². The lowest BCUT2D eigenvalue weighted by Crippen LogP contribution is -1.89. The molecule has 0 saturated carbocycles. The molecule has 0 spiro atoms. The summed E-state index contributed by atoms with van der Waals surface area (Å²) in [6.07, 6.45) is 2.03. The maximum Gasteiger partial charge on any atom is 0.0409 e. The smallest absolute Gasteiger partial charge is 0.0409 e. The van der Waals surface area contributed by atoms with Crippen LogP contribution in [0.25, 0.3) is 0 Å². The monoisotopic (exact) mass is 314 g/mol. The lowest BCUT2D eigenvalue weighted by atomic mass is 10.1. The minimum Gasteiger partial charge on any atom is -0.127 e. The van der Waals surface area contributed by atoms with Crippen LogP contribution in [-0.4, -0.2) is 5.88 Å². The predicted molar refractivity (Wildman–Crippen MR) is 63.2 cm³/mol. The van der Waals surface area contributed by atoms with Gasteiger partial charge in [-0.1, -0.05) is 11.6 Å². The summed E-state index contributed by atoms with van der Waals surface area (Å²) in [6.45, 7) is 0. The Bertz CT molecular complexity index is 261. The Balaban J connectivity index is 2.75. The van der Waals surface area contributed by atoms with Crippen molar-refractivity contribution >= 4 is 45.8 Å². The topological polar surface area (TPSA) is 0 Å². The minimum atomic E-state index is 0.711. The minimum absolute atomic E-state index is 0.711. The number of halogens is 3. The summed E-state index contributed by atoms with van der Waals surface area (Å²) in [6, 6.07) is 5.95. The summed E-state index contributed by atoms with van der Waals surface area (Å²) >= 11 is 13.8. The molecule has 0 amide bonds. The third kappa shape index (κ3) is 3.11. The molecule has 0 atom stereocenters. The van der Waals surface area contributed by atoms with Crippen LogP contribution in [0.3, 0.4) is 0 Å². The molecule has 0 aliphatic rings. The maximum atomic E-state index is 5.86. The van der Waals surface area contributed by atoms with Gasteiger partial charge in [0.15, 0.2) is 0 Å². The van der Waals surface area contributed by atoms with Crippen molar-refractivity contribution < 1.29 is 0 Å². The van der Waals surface area contributed by atoms with Crippen LogP contribution in [0.15, 0.2) is 18.2 Å². The van der Waals surface area contributed by atoms with Gasteiger partial charge in [0, 0.05) is 14.5 Å². The maximum absolute atomic E-state index is 5.86. The quantitative estimate of drug-likeness (QED) is 0.581. The van der Waals surface area contributed by atoms with Gasteiger partial charge in [-0.15, -0.1) is 11.6 Å². The second-order valence-electron chi connectivity index (χ2n) is 2.53. The Kier molecular flexibility index (Phi) is 4.69. The third-order valence-corrected chi connectivity index (χ3v) is 3.14. The molecule has 0 N–H and O–H groups in total. The Hall–Kier alpha value is 0.530. The Morgan fingerprint density at radius 2 is 2.08 bits per heavy atom. The summed E-state index contributed by atoms with van der Waals surface area (Å²) in [5.41, 5.74) is 1.30. The van der Waals surface area contributed by atoms with E-state index in [9.17, 15) is 0 Å². The lowest BCUT2D eigenvalue weighted by molar-refractivity contribution is 0.923. The zero-order valence-corrected chi connectivity index (χ0v) is 10.2. The van der Waals surface area contributed by atoms with Gasteiger partial charge in [0.05, 0.1) is 0 Å². The molecule has 1 aromatic rings. The first-order chi connectivity index (χ1) is 5.74. The van der Waals surface area contributed by atoms with Crippen molar-refractivity contribution in [3.05, 3.63) is 32.4 Å². The first kappa shape index (κ1) is 10.6. The molecule has 0 bridgehead atoms. The summed E-state index contributed by atoms with van der Waals surface area (Å²) < 4.78 is 1.27. The highest BCUT2D eigenvalue weighted by atomic mass is 127. The average Bonchev–Trinajstić information content (AvgIpc) is 2.07. The molecule has 1 aromatic carbocycles. The van der Waals surface area contributed by atoms with Gasteiger partial charge in [-0.25, -0.2) is 0 Å². The van der Waals surface area contributed by atoms with E-state index in [4.69, 9.17) is 23.2 Å². The molecule has 0 nitrogen and oxygen atoms in total. The van der Waals surface area contributed by atoms with E-state index in [0.717, 1.165) is 17.9 Å². The highest BCUT2D eigenvalue weighted by Gasteiger charge is 1.99. The van der Waals surface area contributed by atoms with Crippen LogP contribution in [0, 0.1) is 3.57 Å². The number of rotatable bonds is 3. The second kappa shape index (κ2) is 5.30. The van der Waals surface area contributed by atoms with Crippen LogP contribution in [0.5, 0.6) is 0 Å². The Morgan fingerprint density at radius 3 is 2.75 bits per heavy atom. The number of hydrogen-bond donors (Lipinski definition) is 0. The number of hydrogen-bond acceptors (Lipinski definition) is 0. The van der Waals surface area contributed by atoms with Gasteiger partial charge < -0.3 is 0 Å². The molecular formula is C9H9Cl2I. The van der Waals surface area contributed by atoms with Gasteiger partial charge in [-0.05, 0) is 59.2 Å². The fraction of sp³-hybridized carbons (Fsp3) is 0.333. The lowest BCUT2D eigenvalue weighted by Gasteiger charge is -2.02. The summed E-state index contributed by atoms with van der Waals surface area (Å²) in [7, 11) is 0. The standard InChI is InChI=1S/C9H9Cl2I/c10-5-1-2-7-6-8(11)3-4-9(7)12/h3-4,6H,1-2,5H2. The van der Waals surface area contributed by atoms with E-state index in [2.05, 4.69) is 22.6 Å². The first-order valence-electron chi connectivity index (χ1n) is 3.74. The van der Waals surface area contributed by atoms with Crippen molar-refractivity contribution in [2.24, 2.45) is 0 Å². The molecule has 0 heterocycles. The van der Waals surface area contributed by atoms with Gasteiger partial charge in [0.2, 0.25) is 0 Å². The first-order valence-corrected chi connectivity index (χ1v) is 5.73. The molecule has 0 fully saturated rings. The van der Waals surface area contributed by atoms with Gasteiger partial charge in [-0.3, -0.25) is 0 Å². The van der Waals surface area contributed by atoms with Gasteiger partial charge >= 0.3 is 0 Å². The molecule has 3 heteroatoms. The van der Waals surface area contributed by atoms with Crippen LogP contribution >= 0.6 is 45.8 Å². The average molecular weight is 315 g/mol. The van der Waals surface area contributed by atoms with E-state index < -0.39 is 0 Å². The van der Waals surface area contributed by atoms with E-state index in [1.165, 1.54) is 9.13 Å². The second-order valence-corrected chi connectivity index (χ2v) is 4.50. The molecule has 0 aliphatic carbocycles. The van der Waals surface area contributed by atoms with Crippen LogP contribution in [0.2, 0.25) is 5.02 Å². The molecule has 0 saturated heterocycles. The number of alkyl halides is 1. The summed E-state index contributed by atoms with van der Waals surface area (Å²) in [5, 5.41) is 0.806. The molecule has 66 valence electrons. The molecule has 0 unspecified atom stereocenters. The largest absolute Gasteiger partial charge is 0.127 e. The van der Waals surface area contributed by atoms with Crippen molar-refractivity contribution in [1.29, 1.82) is 0 Å². The van der Waals surface area contributed by atoms with Crippen molar-refractivity contribution in [2.45, 2.75) is 12.8 Å². The van der Waals surface area contributed by atoms with E-state index >= 15 is 0 Å². The Labute approximate surface area is 96.4 Å². The highest BCUT2D eigenvalue weighted by molar-refractivity contribution is 14.1. The van der Waals surface area contributed by atoms with Crippen LogP contribution in [0.1, 0.15) is 12.0 Å². The zero-order chi connectivity index (χ0) is 8.97. The third-order valence-electron chi connectivity index (χ3n) is 1.59. The van der Waals surface area contributed by atoms with Crippen LogP contribution in [-0.2, 0) is 6.42 Å². The van der Waals surface area contributed by atoms with Gasteiger partial charge in [0.25, 0.3) is 0 Å². The van der Waals surface area contributed by atoms with Crippen LogP contribution < -0.4 is 0 Å². The fourth-order valence-corrected chi connectivity index (χ4v) is 1.93. The normalized spacial score (nSPS) is 10.2. The van der Waals surface area contributed by atoms with E-state index in [-0.39, 0.29) is 0 Å². The van der Waals surface area contributed by atoms with E-state index in [1.807, 2.05) is 18.2 Å². The van der Waals surface area contributed by atoms with Crippen molar-refractivity contribution in [3.63, 3.8) is 0 Å². The molecule has 1 rings (SSSR count). The predicted octanol–water partition coefficient (Wildman–Crippen LogP) is 4.12. The molecule has 0 aromatic heterocycles. The number of aryl methyl sites for hydroxylation is 1. The summed E-state index contributed by atoms with van der Waals surface area (Å²) in [4.78, 5) is 0. The van der Waals surface area contributed by atoms with Crippen LogP contribution in [0.4, 0.5) is 0 Å². The van der Waals surface area contributed by atoms with Crippen molar-refractivity contribution in [1.82, 2.24) is 0 Å².